The molecule has 1 unspecified atom stereocenters. The van der Waals surface area contributed by atoms with Gasteiger partial charge in [0.15, 0.2) is 0 Å². The van der Waals surface area contributed by atoms with Crippen LogP contribution in [0.15, 0.2) is 0 Å². The Kier molecular flexibility index (Phi) is 6.38. The molecule has 2 rings (SSSR count). The van der Waals surface area contributed by atoms with Crippen molar-refractivity contribution in [2.75, 3.05) is 33.4 Å². The van der Waals surface area contributed by atoms with Gasteiger partial charge in [-0.05, 0) is 26.2 Å². The average molecular weight is 328 g/mol. The number of nitrogens with one attached hydrogen (secondary N) is 1. The molecular formula is C16H28N2O5. The molecule has 2 amide bonds. The van der Waals surface area contributed by atoms with Crippen molar-refractivity contribution in [1.82, 2.24) is 10.2 Å². The van der Waals surface area contributed by atoms with Gasteiger partial charge < -0.3 is 24.8 Å². The van der Waals surface area contributed by atoms with Gasteiger partial charge in [0.2, 0.25) is 5.91 Å². The Balaban J connectivity index is 1.75. The summed E-state index contributed by atoms with van der Waals surface area (Å²) in [5.74, 6) is -0.373. The fraction of sp³-hybridized carbons (Fsp3) is 0.875. The number of methoxy groups -OCH3 is 1. The third kappa shape index (κ3) is 4.89. The molecule has 1 saturated carbocycles. The highest BCUT2D eigenvalue weighted by Crippen LogP contribution is 2.33. The van der Waals surface area contributed by atoms with E-state index in [1.165, 1.54) is 7.11 Å². The van der Waals surface area contributed by atoms with Gasteiger partial charge in [-0.2, -0.15) is 0 Å². The third-order valence-electron chi connectivity index (χ3n) is 4.58. The van der Waals surface area contributed by atoms with E-state index in [4.69, 9.17) is 9.47 Å². The number of hydrogen-bond acceptors (Lipinski definition) is 5. The summed E-state index contributed by atoms with van der Waals surface area (Å²) < 4.78 is 10.6. The minimum atomic E-state index is -0.882. The maximum Gasteiger partial charge on any atom is 0.252 e. The molecular weight excluding hydrogens is 300 g/mol. The molecule has 0 spiro atoms. The summed E-state index contributed by atoms with van der Waals surface area (Å²) in [6, 6.07) is 0. The van der Waals surface area contributed by atoms with Crippen LogP contribution in [0.25, 0.3) is 0 Å². The summed E-state index contributed by atoms with van der Waals surface area (Å²) in [7, 11) is 1.52. The lowest BCUT2D eigenvalue weighted by atomic mass is 9.77. The number of carbonyl (C=O) groups excluding carboxylic acids is 2. The topological polar surface area (TPSA) is 88.1 Å². The molecule has 2 aliphatic rings. The van der Waals surface area contributed by atoms with Crippen molar-refractivity contribution in [2.24, 2.45) is 0 Å². The zero-order valence-corrected chi connectivity index (χ0v) is 14.0. The minimum Gasteiger partial charge on any atom is -0.388 e. The van der Waals surface area contributed by atoms with Crippen molar-refractivity contribution in [3.05, 3.63) is 0 Å². The van der Waals surface area contributed by atoms with Crippen molar-refractivity contribution in [3.8, 4) is 0 Å². The fourth-order valence-electron chi connectivity index (χ4n) is 3.22. The van der Waals surface area contributed by atoms with Crippen LogP contribution in [0.5, 0.6) is 0 Å². The maximum absolute atomic E-state index is 12.3. The first kappa shape index (κ1) is 18.2. The van der Waals surface area contributed by atoms with Crippen LogP contribution in [0.4, 0.5) is 0 Å². The lowest BCUT2D eigenvalue weighted by Gasteiger charge is -2.43. The molecule has 1 saturated heterocycles. The Hall–Kier alpha value is -1.18. The number of hydrogen-bond donors (Lipinski definition) is 2. The largest absolute Gasteiger partial charge is 0.388 e. The Morgan fingerprint density at radius 3 is 2.83 bits per heavy atom. The summed E-state index contributed by atoms with van der Waals surface area (Å²) in [6.45, 7) is 3.34. The molecule has 1 aliphatic carbocycles. The first-order chi connectivity index (χ1) is 11.0. The van der Waals surface area contributed by atoms with Crippen molar-refractivity contribution >= 4 is 11.8 Å². The summed E-state index contributed by atoms with van der Waals surface area (Å²) in [5, 5.41) is 13.0. The standard InChI is InChI=1S/C16H28N2O5/c1-3-23-12-8-16(21,9-12)11-17-14(19)10-18-7-5-4-6-13(22-2)15(18)20/h12-13,21H,3-11H2,1-2H3,(H,17,19). The Morgan fingerprint density at radius 2 is 2.17 bits per heavy atom. The lowest BCUT2D eigenvalue weighted by molar-refractivity contribution is -0.146. The molecule has 2 N–H and O–H groups in total. The first-order valence-electron chi connectivity index (χ1n) is 8.39. The SMILES string of the molecule is CCOC1CC(O)(CNC(=O)CN2CCCCC(OC)C2=O)C1. The normalized spacial score (nSPS) is 31.4. The summed E-state index contributed by atoms with van der Waals surface area (Å²) in [4.78, 5) is 25.9. The maximum atomic E-state index is 12.3. The Morgan fingerprint density at radius 1 is 1.43 bits per heavy atom. The monoisotopic (exact) mass is 328 g/mol. The molecule has 0 bridgehead atoms. The number of amides is 2. The molecule has 1 heterocycles. The number of aliphatic hydroxyl groups is 1. The van der Waals surface area contributed by atoms with E-state index in [1.54, 1.807) is 4.90 Å². The van der Waals surface area contributed by atoms with Gasteiger partial charge in [-0.15, -0.1) is 0 Å². The minimum absolute atomic E-state index is 0.0175. The molecule has 132 valence electrons. The van der Waals surface area contributed by atoms with Crippen LogP contribution in [0.2, 0.25) is 0 Å². The Labute approximate surface area is 137 Å². The second-order valence-electron chi connectivity index (χ2n) is 6.47. The van der Waals surface area contributed by atoms with E-state index in [2.05, 4.69) is 5.32 Å². The van der Waals surface area contributed by atoms with Gasteiger partial charge in [0.1, 0.15) is 6.10 Å². The van der Waals surface area contributed by atoms with E-state index < -0.39 is 11.7 Å². The highest BCUT2D eigenvalue weighted by molar-refractivity contribution is 5.87. The zero-order chi connectivity index (χ0) is 16.9. The van der Waals surface area contributed by atoms with Gasteiger partial charge in [0.05, 0.1) is 18.2 Å². The zero-order valence-electron chi connectivity index (χ0n) is 14.0. The van der Waals surface area contributed by atoms with Crippen LogP contribution < -0.4 is 5.32 Å². The summed E-state index contributed by atoms with van der Waals surface area (Å²) >= 11 is 0. The predicted octanol–water partition coefficient (Wildman–Crippen LogP) is 0.0601. The average Bonchev–Trinajstić information content (AvgIpc) is 2.66. The van der Waals surface area contributed by atoms with E-state index in [1.807, 2.05) is 6.92 Å². The number of carbonyl (C=O) groups is 2. The first-order valence-corrected chi connectivity index (χ1v) is 8.39. The third-order valence-corrected chi connectivity index (χ3v) is 4.58. The van der Waals surface area contributed by atoms with Crippen molar-refractivity contribution in [1.29, 1.82) is 0 Å². The second-order valence-corrected chi connectivity index (χ2v) is 6.47. The van der Waals surface area contributed by atoms with E-state index >= 15 is 0 Å². The van der Waals surface area contributed by atoms with Gasteiger partial charge in [-0.3, -0.25) is 9.59 Å². The Bertz CT molecular complexity index is 423. The molecule has 23 heavy (non-hydrogen) atoms. The van der Waals surface area contributed by atoms with Gasteiger partial charge in [0, 0.05) is 39.6 Å². The van der Waals surface area contributed by atoms with E-state index in [0.29, 0.717) is 32.4 Å². The van der Waals surface area contributed by atoms with Crippen LogP contribution in [-0.2, 0) is 19.1 Å². The number of rotatable bonds is 7. The number of nitrogens with zero attached hydrogens (tertiary/aromatic N) is 1. The van der Waals surface area contributed by atoms with Crippen LogP contribution in [0, 0.1) is 0 Å². The van der Waals surface area contributed by atoms with Gasteiger partial charge in [-0.1, -0.05) is 0 Å². The van der Waals surface area contributed by atoms with Crippen molar-refractivity contribution in [2.45, 2.75) is 56.8 Å². The molecule has 0 aromatic rings. The van der Waals surface area contributed by atoms with E-state index in [9.17, 15) is 14.7 Å². The molecule has 1 aliphatic heterocycles. The molecule has 0 aromatic carbocycles. The van der Waals surface area contributed by atoms with E-state index in [0.717, 1.165) is 12.8 Å². The molecule has 7 heteroatoms. The molecule has 2 fully saturated rings. The summed E-state index contributed by atoms with van der Waals surface area (Å²) in [6.07, 6.45) is 3.20. The van der Waals surface area contributed by atoms with E-state index in [-0.39, 0.29) is 31.0 Å². The molecule has 7 nitrogen and oxygen atoms in total. The summed E-state index contributed by atoms with van der Waals surface area (Å²) in [5.41, 5.74) is -0.882. The molecule has 1 atom stereocenters. The van der Waals surface area contributed by atoms with Gasteiger partial charge in [0.25, 0.3) is 5.91 Å². The van der Waals surface area contributed by atoms with Crippen LogP contribution in [-0.4, -0.2) is 73.0 Å². The van der Waals surface area contributed by atoms with Crippen molar-refractivity contribution in [3.63, 3.8) is 0 Å². The van der Waals surface area contributed by atoms with Gasteiger partial charge in [-0.25, -0.2) is 0 Å². The smallest absolute Gasteiger partial charge is 0.252 e. The van der Waals surface area contributed by atoms with Crippen LogP contribution in [0.1, 0.15) is 39.0 Å². The quantitative estimate of drug-likeness (QED) is 0.690. The fourth-order valence-corrected chi connectivity index (χ4v) is 3.22. The lowest BCUT2D eigenvalue weighted by Crippen LogP contribution is -2.56. The predicted molar refractivity (Wildman–Crippen MR) is 83.8 cm³/mol. The highest BCUT2D eigenvalue weighted by atomic mass is 16.5. The number of ether oxygens (including phenoxy) is 2. The van der Waals surface area contributed by atoms with Crippen LogP contribution in [0.3, 0.4) is 0 Å². The van der Waals surface area contributed by atoms with Crippen molar-refractivity contribution < 1.29 is 24.2 Å². The molecule has 0 radical (unpaired) electrons. The van der Waals surface area contributed by atoms with Crippen LogP contribution >= 0.6 is 0 Å². The second kappa shape index (κ2) is 8.08. The molecule has 0 aromatic heterocycles. The van der Waals surface area contributed by atoms with Gasteiger partial charge >= 0.3 is 0 Å². The number of likely N-dealkylation sites (tertiary alicyclic amines) is 1. The highest BCUT2D eigenvalue weighted by Gasteiger charge is 2.43.